The Morgan fingerprint density at radius 3 is 2.69 bits per heavy atom. The maximum absolute atomic E-state index is 12.9. The van der Waals surface area contributed by atoms with E-state index in [0.29, 0.717) is 6.54 Å². The van der Waals surface area contributed by atoms with Crippen molar-refractivity contribution in [3.05, 3.63) is 35.4 Å². The predicted molar refractivity (Wildman–Crippen MR) is 59.0 cm³/mol. The quantitative estimate of drug-likeness (QED) is 0.784. The molecule has 0 saturated carbocycles. The van der Waals surface area contributed by atoms with Crippen LogP contribution in [-0.4, -0.2) is 17.8 Å². The highest BCUT2D eigenvalue weighted by Gasteiger charge is 2.04. The van der Waals surface area contributed by atoms with E-state index in [1.807, 2.05) is 6.92 Å². The number of halogens is 2. The van der Waals surface area contributed by atoms with Crippen molar-refractivity contribution in [2.24, 2.45) is 0 Å². The van der Waals surface area contributed by atoms with Crippen LogP contribution in [0.25, 0.3) is 0 Å². The van der Waals surface area contributed by atoms with Crippen LogP contribution < -0.4 is 5.32 Å². The largest absolute Gasteiger partial charge is 0.396 e. The van der Waals surface area contributed by atoms with Crippen molar-refractivity contribution in [1.82, 2.24) is 5.32 Å². The Morgan fingerprint density at radius 2 is 2.06 bits per heavy atom. The maximum Gasteiger partial charge on any atom is 0.159 e. The first-order chi connectivity index (χ1) is 7.63. The normalized spacial score (nSPS) is 12.8. The molecule has 0 bridgehead atoms. The minimum absolute atomic E-state index is 0.178. The van der Waals surface area contributed by atoms with Gasteiger partial charge in [-0.3, -0.25) is 0 Å². The standard InChI is InChI=1S/C12H17F2NO/c1-9(3-2-6-16)15-8-10-4-5-11(13)12(14)7-10/h4-5,7,9,15-16H,2-3,6,8H2,1H3. The highest BCUT2D eigenvalue weighted by atomic mass is 19.2. The molecule has 0 aliphatic rings. The average molecular weight is 229 g/mol. The van der Waals surface area contributed by atoms with Gasteiger partial charge in [0.15, 0.2) is 11.6 Å². The van der Waals surface area contributed by atoms with Crippen molar-refractivity contribution in [2.75, 3.05) is 6.61 Å². The lowest BCUT2D eigenvalue weighted by atomic mass is 10.1. The third-order valence-corrected chi connectivity index (χ3v) is 2.43. The lowest BCUT2D eigenvalue weighted by Gasteiger charge is -2.13. The summed E-state index contributed by atoms with van der Waals surface area (Å²) in [5.41, 5.74) is 0.717. The van der Waals surface area contributed by atoms with E-state index in [-0.39, 0.29) is 12.6 Å². The number of hydrogen-bond acceptors (Lipinski definition) is 2. The monoisotopic (exact) mass is 229 g/mol. The fourth-order valence-electron chi connectivity index (χ4n) is 1.44. The van der Waals surface area contributed by atoms with Crippen LogP contribution in [0, 0.1) is 11.6 Å². The second-order valence-corrected chi connectivity index (χ2v) is 3.90. The Bertz CT molecular complexity index is 331. The van der Waals surface area contributed by atoms with Crippen LogP contribution in [0.1, 0.15) is 25.3 Å². The van der Waals surface area contributed by atoms with Crippen LogP contribution in [0.5, 0.6) is 0 Å². The van der Waals surface area contributed by atoms with Crippen LogP contribution in [-0.2, 0) is 6.54 Å². The minimum atomic E-state index is -0.822. The van der Waals surface area contributed by atoms with Crippen LogP contribution >= 0.6 is 0 Å². The lowest BCUT2D eigenvalue weighted by molar-refractivity contribution is 0.276. The molecular weight excluding hydrogens is 212 g/mol. The minimum Gasteiger partial charge on any atom is -0.396 e. The van der Waals surface area contributed by atoms with Gasteiger partial charge in [0.1, 0.15) is 0 Å². The van der Waals surface area contributed by atoms with Gasteiger partial charge in [-0.2, -0.15) is 0 Å². The molecule has 16 heavy (non-hydrogen) atoms. The fourth-order valence-corrected chi connectivity index (χ4v) is 1.44. The van der Waals surface area contributed by atoms with E-state index in [2.05, 4.69) is 5.32 Å². The molecule has 1 atom stereocenters. The summed E-state index contributed by atoms with van der Waals surface area (Å²) in [6, 6.07) is 4.14. The highest BCUT2D eigenvalue weighted by Crippen LogP contribution is 2.09. The smallest absolute Gasteiger partial charge is 0.159 e. The molecule has 0 spiro atoms. The second-order valence-electron chi connectivity index (χ2n) is 3.90. The van der Waals surface area contributed by atoms with Gasteiger partial charge in [-0.05, 0) is 37.5 Å². The molecule has 4 heteroatoms. The third kappa shape index (κ3) is 4.24. The van der Waals surface area contributed by atoms with Gasteiger partial charge in [0.2, 0.25) is 0 Å². The van der Waals surface area contributed by atoms with Gasteiger partial charge in [-0.15, -0.1) is 0 Å². The molecule has 1 unspecified atom stereocenters. The van der Waals surface area contributed by atoms with Crippen molar-refractivity contribution < 1.29 is 13.9 Å². The molecule has 0 aliphatic carbocycles. The highest BCUT2D eigenvalue weighted by molar-refractivity contribution is 5.17. The Morgan fingerprint density at radius 1 is 1.31 bits per heavy atom. The van der Waals surface area contributed by atoms with Crippen molar-refractivity contribution in [3.63, 3.8) is 0 Å². The summed E-state index contributed by atoms with van der Waals surface area (Å²) in [5.74, 6) is -1.64. The van der Waals surface area contributed by atoms with E-state index in [1.165, 1.54) is 6.07 Å². The molecule has 90 valence electrons. The molecule has 0 radical (unpaired) electrons. The Hall–Kier alpha value is -1.00. The summed E-state index contributed by atoms with van der Waals surface area (Å²) in [6.45, 7) is 2.68. The molecule has 0 heterocycles. The Kier molecular flexibility index (Phi) is 5.35. The summed E-state index contributed by atoms with van der Waals surface area (Å²) in [4.78, 5) is 0. The number of aliphatic hydroxyl groups is 1. The zero-order valence-corrected chi connectivity index (χ0v) is 9.34. The molecular formula is C12H17F2NO. The van der Waals surface area contributed by atoms with Gasteiger partial charge < -0.3 is 10.4 Å². The van der Waals surface area contributed by atoms with Gasteiger partial charge in [-0.1, -0.05) is 6.07 Å². The molecule has 1 aromatic rings. The molecule has 2 nitrogen and oxygen atoms in total. The number of benzene rings is 1. The number of hydrogen-bond donors (Lipinski definition) is 2. The van der Waals surface area contributed by atoms with Gasteiger partial charge in [0, 0.05) is 19.2 Å². The third-order valence-electron chi connectivity index (χ3n) is 2.43. The lowest BCUT2D eigenvalue weighted by Crippen LogP contribution is -2.25. The SMILES string of the molecule is CC(CCCO)NCc1ccc(F)c(F)c1. The van der Waals surface area contributed by atoms with Crippen LogP contribution in [0.4, 0.5) is 8.78 Å². The molecule has 0 aliphatic heterocycles. The van der Waals surface area contributed by atoms with Crippen LogP contribution in [0.2, 0.25) is 0 Å². The zero-order chi connectivity index (χ0) is 12.0. The molecule has 1 rings (SSSR count). The summed E-state index contributed by atoms with van der Waals surface area (Å²) in [6.07, 6.45) is 1.60. The topological polar surface area (TPSA) is 32.3 Å². The van der Waals surface area contributed by atoms with Crippen LogP contribution in [0.15, 0.2) is 18.2 Å². The van der Waals surface area contributed by atoms with Crippen molar-refractivity contribution >= 4 is 0 Å². The van der Waals surface area contributed by atoms with E-state index in [9.17, 15) is 8.78 Å². The Balaban J connectivity index is 2.39. The first-order valence-electron chi connectivity index (χ1n) is 5.41. The number of nitrogens with one attached hydrogen (secondary N) is 1. The van der Waals surface area contributed by atoms with Crippen molar-refractivity contribution in [1.29, 1.82) is 0 Å². The molecule has 2 N–H and O–H groups in total. The molecule has 0 saturated heterocycles. The number of rotatable bonds is 6. The fraction of sp³-hybridized carbons (Fsp3) is 0.500. The van der Waals surface area contributed by atoms with Crippen molar-refractivity contribution in [3.8, 4) is 0 Å². The Labute approximate surface area is 94.3 Å². The predicted octanol–water partition coefficient (Wildman–Crippen LogP) is 2.22. The first kappa shape index (κ1) is 13.1. The average Bonchev–Trinajstić information content (AvgIpc) is 2.28. The van der Waals surface area contributed by atoms with Gasteiger partial charge in [-0.25, -0.2) is 8.78 Å². The molecule has 0 amide bonds. The van der Waals surface area contributed by atoms with Gasteiger partial charge >= 0.3 is 0 Å². The maximum atomic E-state index is 12.9. The van der Waals surface area contributed by atoms with E-state index in [1.54, 1.807) is 6.07 Å². The first-order valence-corrected chi connectivity index (χ1v) is 5.41. The summed E-state index contributed by atoms with van der Waals surface area (Å²) in [7, 11) is 0. The summed E-state index contributed by atoms with van der Waals surface area (Å²) < 4.78 is 25.5. The summed E-state index contributed by atoms with van der Waals surface area (Å²) >= 11 is 0. The van der Waals surface area contributed by atoms with Crippen molar-refractivity contribution in [2.45, 2.75) is 32.4 Å². The van der Waals surface area contributed by atoms with Gasteiger partial charge in [0.25, 0.3) is 0 Å². The second kappa shape index (κ2) is 6.55. The van der Waals surface area contributed by atoms with E-state index in [0.717, 1.165) is 24.5 Å². The summed E-state index contributed by atoms with van der Waals surface area (Å²) in [5, 5.41) is 11.8. The van der Waals surface area contributed by atoms with E-state index in [4.69, 9.17) is 5.11 Å². The molecule has 0 fully saturated rings. The van der Waals surface area contributed by atoms with Gasteiger partial charge in [0.05, 0.1) is 0 Å². The molecule has 0 aromatic heterocycles. The number of aliphatic hydroxyl groups excluding tert-OH is 1. The van der Waals surface area contributed by atoms with Crippen LogP contribution in [0.3, 0.4) is 0 Å². The van der Waals surface area contributed by atoms with E-state index < -0.39 is 11.6 Å². The molecule has 1 aromatic carbocycles. The zero-order valence-electron chi connectivity index (χ0n) is 9.34. The van der Waals surface area contributed by atoms with E-state index >= 15 is 0 Å².